The van der Waals surface area contributed by atoms with Gasteiger partial charge in [-0.05, 0) is 53.2 Å². The van der Waals surface area contributed by atoms with E-state index in [0.29, 0.717) is 5.75 Å². The maximum Gasteiger partial charge on any atom is 0.234 e. The Labute approximate surface area is 137 Å². The van der Waals surface area contributed by atoms with Crippen molar-refractivity contribution in [3.8, 4) is 5.69 Å². The molecule has 6 nitrogen and oxygen atoms in total. The van der Waals surface area contributed by atoms with E-state index in [-0.39, 0.29) is 5.91 Å². The molecule has 7 heteroatoms. The molecule has 0 aliphatic heterocycles. The number of carbonyl (C=O) groups excluding carboxylic acids is 1. The fraction of sp³-hybridized carbons (Fsp3) is 0.125. The Morgan fingerprint density at radius 2 is 2.04 bits per heavy atom. The summed E-state index contributed by atoms with van der Waals surface area (Å²) < 4.78 is 1.59. The number of nitrogens with zero attached hydrogens (tertiary/aromatic N) is 4. The van der Waals surface area contributed by atoms with Gasteiger partial charge in [0.2, 0.25) is 5.91 Å². The number of carbonyl (C=O) groups is 1. The molecule has 0 saturated heterocycles. The minimum absolute atomic E-state index is 0.0339. The molecular formula is C16H15N5OS. The van der Waals surface area contributed by atoms with Gasteiger partial charge in [0.1, 0.15) is 6.33 Å². The molecule has 0 unspecified atom stereocenters. The van der Waals surface area contributed by atoms with Gasteiger partial charge in [-0.15, -0.1) is 16.9 Å². The molecule has 0 radical (unpaired) electrons. The van der Waals surface area contributed by atoms with Crippen LogP contribution >= 0.6 is 11.8 Å². The molecule has 1 aromatic heterocycles. The van der Waals surface area contributed by atoms with Gasteiger partial charge in [-0.2, -0.15) is 0 Å². The number of amides is 1. The Morgan fingerprint density at radius 3 is 2.74 bits per heavy atom. The average Bonchev–Trinajstić information content (AvgIpc) is 3.08. The number of tetrazole rings is 1. The van der Waals surface area contributed by atoms with Crippen LogP contribution < -0.4 is 5.32 Å². The fourth-order valence-corrected chi connectivity index (χ4v) is 2.84. The normalized spacial score (nSPS) is 10.5. The molecular weight excluding hydrogens is 310 g/mol. The minimum atomic E-state index is -0.0339. The van der Waals surface area contributed by atoms with Crippen molar-refractivity contribution in [2.24, 2.45) is 0 Å². The van der Waals surface area contributed by atoms with Gasteiger partial charge in [-0.1, -0.05) is 18.2 Å². The van der Waals surface area contributed by atoms with E-state index in [1.807, 2.05) is 55.5 Å². The Morgan fingerprint density at radius 1 is 1.22 bits per heavy atom. The van der Waals surface area contributed by atoms with Crippen molar-refractivity contribution < 1.29 is 4.79 Å². The van der Waals surface area contributed by atoms with Crippen LogP contribution in [0, 0.1) is 6.92 Å². The van der Waals surface area contributed by atoms with E-state index in [0.717, 1.165) is 21.8 Å². The molecule has 1 N–H and O–H groups in total. The maximum absolute atomic E-state index is 12.0. The first-order valence-electron chi connectivity index (χ1n) is 7.04. The van der Waals surface area contributed by atoms with E-state index in [4.69, 9.17) is 0 Å². The van der Waals surface area contributed by atoms with Crippen LogP contribution in [-0.2, 0) is 4.79 Å². The number of hydrogen-bond acceptors (Lipinski definition) is 5. The summed E-state index contributed by atoms with van der Waals surface area (Å²) in [5.74, 6) is 0.339. The monoisotopic (exact) mass is 325 g/mol. The van der Waals surface area contributed by atoms with Crippen LogP contribution in [0.2, 0.25) is 0 Å². The van der Waals surface area contributed by atoms with Crippen molar-refractivity contribution in [3.05, 3.63) is 60.4 Å². The van der Waals surface area contributed by atoms with Gasteiger partial charge < -0.3 is 5.32 Å². The highest BCUT2D eigenvalue weighted by atomic mass is 32.2. The lowest BCUT2D eigenvalue weighted by atomic mass is 10.2. The predicted molar refractivity (Wildman–Crippen MR) is 89.7 cm³/mol. The van der Waals surface area contributed by atoms with E-state index < -0.39 is 0 Å². The molecule has 3 aromatic rings. The Balaban J connectivity index is 1.62. The van der Waals surface area contributed by atoms with Gasteiger partial charge in [-0.3, -0.25) is 4.79 Å². The van der Waals surface area contributed by atoms with Crippen molar-refractivity contribution in [1.82, 2.24) is 20.2 Å². The van der Waals surface area contributed by atoms with E-state index in [1.165, 1.54) is 18.1 Å². The number of hydrogen-bond donors (Lipinski definition) is 1. The van der Waals surface area contributed by atoms with Crippen LogP contribution in [0.5, 0.6) is 0 Å². The van der Waals surface area contributed by atoms with Gasteiger partial charge in [0.15, 0.2) is 0 Å². The van der Waals surface area contributed by atoms with Crippen LogP contribution in [0.1, 0.15) is 5.56 Å². The third-order valence-electron chi connectivity index (χ3n) is 3.19. The summed E-state index contributed by atoms with van der Waals surface area (Å²) in [6.45, 7) is 1.95. The second-order valence-electron chi connectivity index (χ2n) is 4.91. The molecule has 0 aliphatic rings. The topological polar surface area (TPSA) is 72.7 Å². The second kappa shape index (κ2) is 7.06. The van der Waals surface area contributed by atoms with Crippen molar-refractivity contribution in [2.45, 2.75) is 11.8 Å². The van der Waals surface area contributed by atoms with Crippen LogP contribution in [0.3, 0.4) is 0 Å². The summed E-state index contributed by atoms with van der Waals surface area (Å²) in [6, 6.07) is 15.5. The summed E-state index contributed by atoms with van der Waals surface area (Å²) in [7, 11) is 0. The van der Waals surface area contributed by atoms with Crippen LogP contribution in [-0.4, -0.2) is 31.9 Å². The highest BCUT2D eigenvalue weighted by Crippen LogP contribution is 2.20. The Bertz CT molecular complexity index is 789. The molecule has 0 bridgehead atoms. The quantitative estimate of drug-likeness (QED) is 0.730. The van der Waals surface area contributed by atoms with Crippen LogP contribution in [0.25, 0.3) is 5.69 Å². The van der Waals surface area contributed by atoms with Gasteiger partial charge in [0, 0.05) is 10.6 Å². The molecule has 1 heterocycles. The van der Waals surface area contributed by atoms with Crippen molar-refractivity contribution in [3.63, 3.8) is 0 Å². The zero-order valence-corrected chi connectivity index (χ0v) is 13.3. The van der Waals surface area contributed by atoms with Crippen molar-refractivity contribution in [2.75, 3.05) is 11.1 Å². The first kappa shape index (κ1) is 15.2. The highest BCUT2D eigenvalue weighted by Gasteiger charge is 2.07. The van der Waals surface area contributed by atoms with Gasteiger partial charge in [0.05, 0.1) is 11.4 Å². The Hall–Kier alpha value is -2.67. The molecule has 23 heavy (non-hydrogen) atoms. The standard InChI is InChI=1S/C16H15N5OS/c1-12-9-13(7-8-15(12)21-11-17-19-20-21)18-16(22)10-23-14-5-3-2-4-6-14/h2-9,11H,10H2,1H3,(H,18,22). The van der Waals surface area contributed by atoms with E-state index >= 15 is 0 Å². The van der Waals surface area contributed by atoms with Crippen LogP contribution in [0.15, 0.2) is 59.8 Å². The SMILES string of the molecule is Cc1cc(NC(=O)CSc2ccccc2)ccc1-n1cnnn1. The molecule has 3 rings (SSSR count). The number of nitrogens with one attached hydrogen (secondary N) is 1. The molecule has 0 fully saturated rings. The van der Waals surface area contributed by atoms with E-state index in [2.05, 4.69) is 20.8 Å². The number of aryl methyl sites for hydroxylation is 1. The molecule has 0 saturated carbocycles. The maximum atomic E-state index is 12.0. The average molecular weight is 325 g/mol. The lowest BCUT2D eigenvalue weighted by molar-refractivity contribution is -0.113. The third-order valence-corrected chi connectivity index (χ3v) is 4.20. The highest BCUT2D eigenvalue weighted by molar-refractivity contribution is 8.00. The molecule has 2 aromatic carbocycles. The number of anilines is 1. The van der Waals surface area contributed by atoms with E-state index in [9.17, 15) is 4.79 Å². The van der Waals surface area contributed by atoms with Crippen LogP contribution in [0.4, 0.5) is 5.69 Å². The zero-order chi connectivity index (χ0) is 16.1. The summed E-state index contributed by atoms with van der Waals surface area (Å²) in [5.41, 5.74) is 2.62. The smallest absolute Gasteiger partial charge is 0.234 e. The fourth-order valence-electron chi connectivity index (χ4n) is 2.12. The lowest BCUT2D eigenvalue weighted by Gasteiger charge is -2.09. The minimum Gasteiger partial charge on any atom is -0.325 e. The predicted octanol–water partition coefficient (Wildman–Crippen LogP) is 2.70. The zero-order valence-electron chi connectivity index (χ0n) is 12.5. The van der Waals surface area contributed by atoms with E-state index in [1.54, 1.807) is 4.68 Å². The molecule has 0 spiro atoms. The third kappa shape index (κ3) is 3.95. The number of rotatable bonds is 5. The van der Waals surface area contributed by atoms with Gasteiger partial charge >= 0.3 is 0 Å². The molecule has 0 aliphatic carbocycles. The largest absolute Gasteiger partial charge is 0.325 e. The molecule has 0 atom stereocenters. The van der Waals surface area contributed by atoms with Crippen molar-refractivity contribution >= 4 is 23.4 Å². The second-order valence-corrected chi connectivity index (χ2v) is 5.95. The number of aromatic nitrogens is 4. The summed E-state index contributed by atoms with van der Waals surface area (Å²) in [4.78, 5) is 13.1. The summed E-state index contributed by atoms with van der Waals surface area (Å²) >= 11 is 1.51. The first-order chi connectivity index (χ1) is 11.2. The molecule has 1 amide bonds. The van der Waals surface area contributed by atoms with Gasteiger partial charge in [-0.25, -0.2) is 4.68 Å². The van der Waals surface area contributed by atoms with Crippen molar-refractivity contribution in [1.29, 1.82) is 0 Å². The molecule has 116 valence electrons. The lowest BCUT2D eigenvalue weighted by Crippen LogP contribution is -2.14. The summed E-state index contributed by atoms with van der Waals surface area (Å²) in [6.07, 6.45) is 1.54. The summed E-state index contributed by atoms with van der Waals surface area (Å²) in [5, 5.41) is 14.0. The number of benzene rings is 2. The first-order valence-corrected chi connectivity index (χ1v) is 8.02. The number of thioether (sulfide) groups is 1. The van der Waals surface area contributed by atoms with Gasteiger partial charge in [0.25, 0.3) is 0 Å². The Kier molecular flexibility index (Phi) is 4.68.